The fourth-order valence-corrected chi connectivity index (χ4v) is 2.36. The smallest absolute Gasteiger partial charge is 0.388 e. The molecule has 0 saturated heterocycles. The zero-order valence-corrected chi connectivity index (χ0v) is 11.3. The minimum Gasteiger partial charge on any atom is -0.388 e. The summed E-state index contributed by atoms with van der Waals surface area (Å²) < 4.78 is 40.4. The second-order valence-corrected chi connectivity index (χ2v) is 4.39. The van der Waals surface area contributed by atoms with E-state index in [1.807, 2.05) is 22.6 Å². The van der Waals surface area contributed by atoms with Gasteiger partial charge in [0.25, 0.3) is 0 Å². The number of hydrogen-bond acceptors (Lipinski definition) is 2. The van der Waals surface area contributed by atoms with Crippen molar-refractivity contribution in [2.45, 2.75) is 18.6 Å². The van der Waals surface area contributed by atoms with Crippen molar-refractivity contribution in [2.75, 3.05) is 0 Å². The Hall–Kier alpha value is -0.0500. The number of ether oxygens (including phenoxy) is 1. The fourth-order valence-electron chi connectivity index (χ4n) is 0.988. The van der Waals surface area contributed by atoms with Crippen molar-refractivity contribution in [1.82, 2.24) is 4.98 Å². The van der Waals surface area contributed by atoms with E-state index in [0.717, 1.165) is 0 Å². The van der Waals surface area contributed by atoms with Crippen LogP contribution in [0.2, 0.25) is 0 Å². The van der Waals surface area contributed by atoms with Crippen LogP contribution in [0.15, 0.2) is 6.07 Å². The molecule has 1 aromatic rings. The molecule has 0 fully saturated rings. The highest BCUT2D eigenvalue weighted by Crippen LogP contribution is 2.29. The SMILES string of the molecule is Cc1cc(I)nc(OC(F)(F)F)c1CBr. The molecular formula is C8H6BrF3INO. The van der Waals surface area contributed by atoms with E-state index in [2.05, 4.69) is 25.7 Å². The third kappa shape index (κ3) is 3.78. The maximum absolute atomic E-state index is 12.0. The van der Waals surface area contributed by atoms with Gasteiger partial charge < -0.3 is 4.74 Å². The van der Waals surface area contributed by atoms with Crippen LogP contribution >= 0.6 is 38.5 Å². The minimum atomic E-state index is -4.71. The molecule has 1 rings (SSSR count). The van der Waals surface area contributed by atoms with E-state index < -0.39 is 6.36 Å². The van der Waals surface area contributed by atoms with E-state index in [-0.39, 0.29) is 11.2 Å². The van der Waals surface area contributed by atoms with Gasteiger partial charge in [0, 0.05) is 10.9 Å². The number of nitrogens with zero attached hydrogens (tertiary/aromatic N) is 1. The first-order valence-electron chi connectivity index (χ1n) is 3.81. The van der Waals surface area contributed by atoms with Crippen LogP contribution in [0.25, 0.3) is 0 Å². The number of hydrogen-bond donors (Lipinski definition) is 0. The summed E-state index contributed by atoms with van der Waals surface area (Å²) in [7, 11) is 0. The van der Waals surface area contributed by atoms with E-state index in [0.29, 0.717) is 14.8 Å². The highest BCUT2D eigenvalue weighted by atomic mass is 127. The Morgan fingerprint density at radius 3 is 2.60 bits per heavy atom. The molecule has 1 heterocycles. The van der Waals surface area contributed by atoms with Gasteiger partial charge in [0.2, 0.25) is 5.88 Å². The topological polar surface area (TPSA) is 22.1 Å². The lowest BCUT2D eigenvalue weighted by molar-refractivity contribution is -0.276. The lowest BCUT2D eigenvalue weighted by atomic mass is 10.2. The largest absolute Gasteiger partial charge is 0.574 e. The van der Waals surface area contributed by atoms with E-state index in [1.54, 1.807) is 13.0 Å². The molecule has 2 nitrogen and oxygen atoms in total. The monoisotopic (exact) mass is 395 g/mol. The van der Waals surface area contributed by atoms with Crippen molar-refractivity contribution >= 4 is 38.5 Å². The quantitative estimate of drug-likeness (QED) is 0.432. The third-order valence-electron chi connectivity index (χ3n) is 1.62. The number of rotatable bonds is 2. The summed E-state index contributed by atoms with van der Waals surface area (Å²) in [5.41, 5.74) is 1.12. The van der Waals surface area contributed by atoms with Gasteiger partial charge in [-0.3, -0.25) is 0 Å². The summed E-state index contributed by atoms with van der Waals surface area (Å²) in [5.74, 6) is -0.385. The van der Waals surface area contributed by atoms with Crippen molar-refractivity contribution < 1.29 is 17.9 Å². The summed E-state index contributed by atoms with van der Waals surface area (Å²) in [6.07, 6.45) is -4.71. The molecule has 0 aromatic carbocycles. The Morgan fingerprint density at radius 2 is 2.13 bits per heavy atom. The van der Waals surface area contributed by atoms with Gasteiger partial charge in [0.05, 0.1) is 0 Å². The van der Waals surface area contributed by atoms with Crippen LogP contribution in [-0.2, 0) is 5.33 Å². The van der Waals surface area contributed by atoms with E-state index in [4.69, 9.17) is 0 Å². The average molecular weight is 396 g/mol. The maximum atomic E-state index is 12.0. The van der Waals surface area contributed by atoms with Crippen molar-refractivity contribution in [3.05, 3.63) is 20.9 Å². The summed E-state index contributed by atoms with van der Waals surface area (Å²) in [6.45, 7) is 1.71. The molecule has 0 atom stereocenters. The average Bonchev–Trinajstić information content (AvgIpc) is 1.99. The fraction of sp³-hybridized carbons (Fsp3) is 0.375. The molecule has 0 saturated carbocycles. The molecule has 0 N–H and O–H groups in total. The van der Waals surface area contributed by atoms with Gasteiger partial charge in [-0.05, 0) is 41.1 Å². The third-order valence-corrected chi connectivity index (χ3v) is 2.74. The van der Waals surface area contributed by atoms with Gasteiger partial charge in [-0.25, -0.2) is 4.98 Å². The molecule has 0 radical (unpaired) electrons. The highest BCUT2D eigenvalue weighted by molar-refractivity contribution is 14.1. The van der Waals surface area contributed by atoms with Crippen molar-refractivity contribution in [3.8, 4) is 5.88 Å². The number of aromatic nitrogens is 1. The lowest BCUT2D eigenvalue weighted by Crippen LogP contribution is -2.19. The predicted octanol–water partition coefficient (Wildman–Crippen LogP) is 3.79. The molecule has 0 unspecified atom stereocenters. The van der Waals surface area contributed by atoms with Crippen LogP contribution in [0.4, 0.5) is 13.2 Å². The molecule has 0 aliphatic rings. The maximum Gasteiger partial charge on any atom is 0.574 e. The van der Waals surface area contributed by atoms with Crippen LogP contribution in [0.3, 0.4) is 0 Å². The normalized spacial score (nSPS) is 11.6. The zero-order chi connectivity index (χ0) is 11.6. The number of pyridine rings is 1. The molecule has 0 aliphatic carbocycles. The Labute approximate surface area is 106 Å². The van der Waals surface area contributed by atoms with E-state index >= 15 is 0 Å². The van der Waals surface area contributed by atoms with Crippen molar-refractivity contribution in [3.63, 3.8) is 0 Å². The number of alkyl halides is 4. The van der Waals surface area contributed by atoms with Gasteiger partial charge in [-0.15, -0.1) is 13.2 Å². The van der Waals surface area contributed by atoms with Crippen molar-refractivity contribution in [1.29, 1.82) is 0 Å². The van der Waals surface area contributed by atoms with E-state index in [9.17, 15) is 13.2 Å². The number of aryl methyl sites for hydroxylation is 1. The van der Waals surface area contributed by atoms with Gasteiger partial charge in [-0.1, -0.05) is 15.9 Å². The molecule has 7 heteroatoms. The molecule has 0 bridgehead atoms. The molecule has 1 aromatic heterocycles. The minimum absolute atomic E-state index is 0.272. The Morgan fingerprint density at radius 1 is 1.53 bits per heavy atom. The van der Waals surface area contributed by atoms with Crippen LogP contribution in [0.5, 0.6) is 5.88 Å². The molecule has 15 heavy (non-hydrogen) atoms. The lowest BCUT2D eigenvalue weighted by Gasteiger charge is -2.13. The summed E-state index contributed by atoms with van der Waals surface area (Å²) in [5, 5.41) is 0.272. The summed E-state index contributed by atoms with van der Waals surface area (Å²) in [4.78, 5) is 3.70. The van der Waals surface area contributed by atoms with Crippen LogP contribution in [0.1, 0.15) is 11.1 Å². The highest BCUT2D eigenvalue weighted by Gasteiger charge is 2.33. The van der Waals surface area contributed by atoms with E-state index in [1.165, 1.54) is 0 Å². The molecule has 0 spiro atoms. The standard InChI is InChI=1S/C8H6BrF3INO/c1-4-2-6(13)14-7(5(4)3-9)15-8(10,11)12/h2H,3H2,1H3. The van der Waals surface area contributed by atoms with Gasteiger partial charge in [0.1, 0.15) is 3.70 Å². The van der Waals surface area contributed by atoms with Crippen LogP contribution in [-0.4, -0.2) is 11.3 Å². The summed E-state index contributed by atoms with van der Waals surface area (Å²) in [6, 6.07) is 1.69. The molecular weight excluding hydrogens is 390 g/mol. The van der Waals surface area contributed by atoms with Gasteiger partial charge in [0.15, 0.2) is 0 Å². The Kier molecular flexibility index (Phi) is 4.21. The zero-order valence-electron chi connectivity index (χ0n) is 7.53. The van der Waals surface area contributed by atoms with Crippen LogP contribution < -0.4 is 4.74 Å². The Balaban J connectivity index is 3.15. The predicted molar refractivity (Wildman–Crippen MR) is 61.0 cm³/mol. The first-order chi connectivity index (χ1) is 6.83. The van der Waals surface area contributed by atoms with Crippen LogP contribution in [0, 0.1) is 10.6 Å². The second kappa shape index (κ2) is 4.86. The molecule has 0 aliphatic heterocycles. The first kappa shape index (κ1) is 13.0. The second-order valence-electron chi connectivity index (χ2n) is 2.73. The van der Waals surface area contributed by atoms with Gasteiger partial charge >= 0.3 is 6.36 Å². The molecule has 0 amide bonds. The summed E-state index contributed by atoms with van der Waals surface area (Å²) >= 11 is 4.94. The first-order valence-corrected chi connectivity index (χ1v) is 6.01. The molecule has 84 valence electrons. The van der Waals surface area contributed by atoms with Crippen molar-refractivity contribution in [2.24, 2.45) is 0 Å². The number of halogens is 5. The Bertz CT molecular complexity index is 370. The van der Waals surface area contributed by atoms with Gasteiger partial charge in [-0.2, -0.15) is 0 Å².